The molecule has 1 aromatic rings. The fourth-order valence-corrected chi connectivity index (χ4v) is 4.00. The third-order valence-electron chi connectivity index (χ3n) is 3.61. The number of aromatic nitrogens is 1. The minimum absolute atomic E-state index is 0.0649. The molecule has 2 N–H and O–H groups in total. The molecule has 0 bridgehead atoms. The van der Waals surface area contributed by atoms with Crippen LogP contribution in [0.2, 0.25) is 5.02 Å². The minimum Gasteiger partial charge on any atom is -0.382 e. The van der Waals surface area contributed by atoms with E-state index in [0.29, 0.717) is 0 Å². The Morgan fingerprint density at radius 2 is 2.00 bits per heavy atom. The third-order valence-corrected chi connectivity index (χ3v) is 5.79. The predicted octanol–water partition coefficient (Wildman–Crippen LogP) is 2.27. The van der Waals surface area contributed by atoms with E-state index in [9.17, 15) is 8.42 Å². The maximum atomic E-state index is 12.5. The summed E-state index contributed by atoms with van der Waals surface area (Å²) in [6, 6.07) is 1.42. The number of rotatable bonds is 3. The number of hydrogen-bond donors (Lipinski definition) is 1. The van der Waals surface area contributed by atoms with Crippen molar-refractivity contribution in [3.63, 3.8) is 0 Å². The molecule has 5 nitrogen and oxygen atoms in total. The molecule has 7 heteroatoms. The largest absolute Gasteiger partial charge is 0.382 e. The molecule has 0 aliphatic heterocycles. The van der Waals surface area contributed by atoms with Gasteiger partial charge in [-0.2, -0.15) is 4.31 Å². The lowest BCUT2D eigenvalue weighted by Gasteiger charge is -2.30. The maximum absolute atomic E-state index is 12.5. The highest BCUT2D eigenvalue weighted by Gasteiger charge is 2.29. The highest BCUT2D eigenvalue weighted by Crippen LogP contribution is 2.28. The number of nitrogens with zero attached hydrogens (tertiary/aromatic N) is 2. The smallest absolute Gasteiger partial charge is 0.244 e. The molecule has 2 rings (SSSR count). The first-order chi connectivity index (χ1) is 8.93. The van der Waals surface area contributed by atoms with Gasteiger partial charge in [-0.25, -0.2) is 13.4 Å². The van der Waals surface area contributed by atoms with Crippen LogP contribution in [0.5, 0.6) is 0 Å². The molecular formula is C12H18ClN3O2S. The zero-order chi connectivity index (χ0) is 14.0. The number of nitrogen functional groups attached to an aromatic ring is 1. The first kappa shape index (κ1) is 14.6. The summed E-state index contributed by atoms with van der Waals surface area (Å²) in [7, 11) is -1.93. The van der Waals surface area contributed by atoms with E-state index in [2.05, 4.69) is 4.98 Å². The number of halogens is 1. The lowest BCUT2D eigenvalue weighted by molar-refractivity contribution is 0.286. The van der Waals surface area contributed by atoms with E-state index in [-0.39, 0.29) is 21.8 Å². The van der Waals surface area contributed by atoms with Crippen molar-refractivity contribution in [3.8, 4) is 0 Å². The summed E-state index contributed by atoms with van der Waals surface area (Å²) in [5.74, 6) is 0.140. The molecule has 1 fully saturated rings. The molecule has 19 heavy (non-hydrogen) atoms. The summed E-state index contributed by atoms with van der Waals surface area (Å²) in [4.78, 5) is 3.91. The van der Waals surface area contributed by atoms with Crippen molar-refractivity contribution in [2.45, 2.75) is 43.0 Å². The topological polar surface area (TPSA) is 76.3 Å². The van der Waals surface area contributed by atoms with Gasteiger partial charge >= 0.3 is 0 Å². The average Bonchev–Trinajstić information content (AvgIpc) is 2.41. The Labute approximate surface area is 118 Å². The van der Waals surface area contributed by atoms with Gasteiger partial charge in [0.25, 0.3) is 0 Å². The minimum atomic E-state index is -3.55. The van der Waals surface area contributed by atoms with E-state index >= 15 is 0 Å². The van der Waals surface area contributed by atoms with Crippen LogP contribution in [-0.4, -0.2) is 30.8 Å². The second kappa shape index (κ2) is 5.64. The third kappa shape index (κ3) is 3.01. The molecule has 1 saturated carbocycles. The Morgan fingerprint density at radius 3 is 2.58 bits per heavy atom. The van der Waals surface area contributed by atoms with Gasteiger partial charge in [0.05, 0.1) is 5.02 Å². The van der Waals surface area contributed by atoms with Gasteiger partial charge in [0.2, 0.25) is 10.0 Å². The van der Waals surface area contributed by atoms with Crippen LogP contribution >= 0.6 is 11.6 Å². The second-order valence-corrected chi connectivity index (χ2v) is 7.26. The summed E-state index contributed by atoms with van der Waals surface area (Å²) in [6.07, 6.45) is 6.41. The Bertz CT molecular complexity index is 556. The molecule has 1 aliphatic rings. The fourth-order valence-electron chi connectivity index (χ4n) is 2.38. The Kier molecular flexibility index (Phi) is 4.32. The Balaban J connectivity index is 2.27. The van der Waals surface area contributed by atoms with Crippen LogP contribution in [0.25, 0.3) is 0 Å². The van der Waals surface area contributed by atoms with Crippen molar-refractivity contribution < 1.29 is 8.42 Å². The second-order valence-electron chi connectivity index (χ2n) is 4.85. The van der Waals surface area contributed by atoms with Gasteiger partial charge in [0.1, 0.15) is 10.7 Å². The molecule has 0 amide bonds. The molecular weight excluding hydrogens is 286 g/mol. The van der Waals surface area contributed by atoms with Crippen LogP contribution in [0.15, 0.2) is 17.2 Å². The summed E-state index contributed by atoms with van der Waals surface area (Å²) in [5.41, 5.74) is 5.50. The Morgan fingerprint density at radius 1 is 1.37 bits per heavy atom. The van der Waals surface area contributed by atoms with Gasteiger partial charge < -0.3 is 5.73 Å². The van der Waals surface area contributed by atoms with E-state index in [1.165, 1.54) is 23.0 Å². The summed E-state index contributed by atoms with van der Waals surface area (Å²) < 4.78 is 26.4. The van der Waals surface area contributed by atoms with E-state index in [4.69, 9.17) is 17.3 Å². The van der Waals surface area contributed by atoms with Crippen LogP contribution in [0, 0.1) is 0 Å². The van der Waals surface area contributed by atoms with E-state index in [1.807, 2.05) is 0 Å². The fraction of sp³-hybridized carbons (Fsp3) is 0.583. The van der Waals surface area contributed by atoms with Gasteiger partial charge in [-0.3, -0.25) is 0 Å². The standard InChI is InChI=1S/C12H18ClN3O2S/c1-16(9-5-3-2-4-6-9)19(17,18)10-7-11(13)12(14)15-8-10/h7-9H,2-6H2,1H3,(H2,14,15). The van der Waals surface area contributed by atoms with Crippen LogP contribution in [0.3, 0.4) is 0 Å². The van der Waals surface area contributed by atoms with Crippen molar-refractivity contribution in [2.24, 2.45) is 0 Å². The number of hydrogen-bond acceptors (Lipinski definition) is 4. The summed E-state index contributed by atoms with van der Waals surface area (Å²) in [5, 5.41) is 0.165. The van der Waals surface area contributed by atoms with Crippen molar-refractivity contribution in [1.29, 1.82) is 0 Å². The highest BCUT2D eigenvalue weighted by atomic mass is 35.5. The van der Waals surface area contributed by atoms with Crippen molar-refractivity contribution in [1.82, 2.24) is 9.29 Å². The van der Waals surface area contributed by atoms with Crippen LogP contribution in [0.4, 0.5) is 5.82 Å². The molecule has 106 valence electrons. The van der Waals surface area contributed by atoms with Gasteiger partial charge in [0.15, 0.2) is 0 Å². The van der Waals surface area contributed by atoms with Crippen LogP contribution < -0.4 is 5.73 Å². The molecule has 0 spiro atoms. The molecule has 1 heterocycles. The van der Waals surface area contributed by atoms with Gasteiger partial charge in [0, 0.05) is 19.3 Å². The summed E-state index contributed by atoms with van der Waals surface area (Å²) in [6.45, 7) is 0. The Hall–Kier alpha value is -0.850. The normalized spacial score (nSPS) is 17.8. The highest BCUT2D eigenvalue weighted by molar-refractivity contribution is 7.89. The maximum Gasteiger partial charge on any atom is 0.244 e. The van der Waals surface area contributed by atoms with Gasteiger partial charge in [-0.1, -0.05) is 30.9 Å². The summed E-state index contributed by atoms with van der Waals surface area (Å²) >= 11 is 5.84. The number of sulfonamides is 1. The van der Waals surface area contributed by atoms with E-state index in [1.54, 1.807) is 7.05 Å². The number of pyridine rings is 1. The van der Waals surface area contributed by atoms with Gasteiger partial charge in [-0.05, 0) is 18.9 Å². The monoisotopic (exact) mass is 303 g/mol. The molecule has 0 radical (unpaired) electrons. The van der Waals surface area contributed by atoms with E-state index in [0.717, 1.165) is 25.7 Å². The SMILES string of the molecule is CN(C1CCCCC1)S(=O)(=O)c1cnc(N)c(Cl)c1. The van der Waals surface area contributed by atoms with Crippen molar-refractivity contribution in [2.75, 3.05) is 12.8 Å². The first-order valence-corrected chi connectivity index (χ1v) is 8.14. The lowest BCUT2D eigenvalue weighted by atomic mass is 9.96. The van der Waals surface area contributed by atoms with E-state index < -0.39 is 10.0 Å². The molecule has 0 atom stereocenters. The van der Waals surface area contributed by atoms with Gasteiger partial charge in [-0.15, -0.1) is 0 Å². The molecule has 1 aromatic heterocycles. The predicted molar refractivity (Wildman–Crippen MR) is 75.5 cm³/mol. The zero-order valence-electron chi connectivity index (χ0n) is 10.8. The zero-order valence-corrected chi connectivity index (χ0v) is 12.4. The number of nitrogens with two attached hydrogens (primary N) is 1. The molecule has 0 unspecified atom stereocenters. The first-order valence-electron chi connectivity index (χ1n) is 6.32. The average molecular weight is 304 g/mol. The number of anilines is 1. The van der Waals surface area contributed by atoms with Crippen molar-refractivity contribution in [3.05, 3.63) is 17.3 Å². The van der Waals surface area contributed by atoms with Crippen molar-refractivity contribution >= 4 is 27.4 Å². The molecule has 0 saturated heterocycles. The van der Waals surface area contributed by atoms with Crippen LogP contribution in [-0.2, 0) is 10.0 Å². The lowest BCUT2D eigenvalue weighted by Crippen LogP contribution is -2.38. The quantitative estimate of drug-likeness (QED) is 0.929. The molecule has 1 aliphatic carbocycles. The molecule has 0 aromatic carbocycles. The van der Waals surface area contributed by atoms with Crippen LogP contribution in [0.1, 0.15) is 32.1 Å².